The second kappa shape index (κ2) is 8.30. The summed E-state index contributed by atoms with van der Waals surface area (Å²) in [4.78, 5) is 4.13. The number of anilines is 1. The number of nitrogens with zero attached hydrogens (tertiary/aromatic N) is 1. The van der Waals surface area contributed by atoms with Crippen LogP contribution in [-0.4, -0.2) is 42.2 Å². The summed E-state index contributed by atoms with van der Waals surface area (Å²) in [6.45, 7) is 4.29. The van der Waals surface area contributed by atoms with Crippen molar-refractivity contribution in [1.29, 1.82) is 0 Å². The summed E-state index contributed by atoms with van der Waals surface area (Å²) in [7, 11) is 2.43. The number of quaternary nitrogens is 1. The largest absolute Gasteiger partial charge is 0.349 e. The van der Waals surface area contributed by atoms with Gasteiger partial charge in [-0.05, 0) is 57.0 Å². The van der Waals surface area contributed by atoms with Gasteiger partial charge in [0.15, 0.2) is 5.11 Å². The standard InChI is InChI=1S/C20H31N3S/c1-16-8-10-17(11-9-16)21-20(24)23-14-12-19(13-15-23)22(2)18-6-4-3-5-7-18/h8-11,18-19H,3-7,12-15H2,1-2H3,(H,21,24)/p+1. The molecule has 1 atom stereocenters. The van der Waals surface area contributed by atoms with Gasteiger partial charge in [0, 0.05) is 31.6 Å². The average molecular weight is 347 g/mol. The predicted octanol–water partition coefficient (Wildman–Crippen LogP) is 3.00. The average Bonchev–Trinajstić information content (AvgIpc) is 2.64. The molecule has 24 heavy (non-hydrogen) atoms. The number of benzene rings is 1. The minimum absolute atomic E-state index is 0.812. The molecule has 0 spiro atoms. The summed E-state index contributed by atoms with van der Waals surface area (Å²) in [5, 5.41) is 4.28. The highest BCUT2D eigenvalue weighted by Gasteiger charge is 2.31. The lowest BCUT2D eigenvalue weighted by Gasteiger charge is -2.39. The molecule has 2 fully saturated rings. The van der Waals surface area contributed by atoms with Crippen molar-refractivity contribution >= 4 is 23.0 Å². The van der Waals surface area contributed by atoms with Gasteiger partial charge in [-0.1, -0.05) is 24.1 Å². The van der Waals surface area contributed by atoms with Gasteiger partial charge in [-0.2, -0.15) is 0 Å². The van der Waals surface area contributed by atoms with Crippen molar-refractivity contribution in [2.75, 3.05) is 25.5 Å². The molecule has 1 aliphatic heterocycles. The first-order chi connectivity index (χ1) is 11.6. The maximum atomic E-state index is 5.63. The lowest BCUT2D eigenvalue weighted by molar-refractivity contribution is -0.933. The van der Waals surface area contributed by atoms with E-state index in [1.54, 1.807) is 4.90 Å². The van der Waals surface area contributed by atoms with E-state index < -0.39 is 0 Å². The van der Waals surface area contributed by atoms with E-state index in [0.29, 0.717) is 0 Å². The predicted molar refractivity (Wildman–Crippen MR) is 106 cm³/mol. The molecule has 0 bridgehead atoms. The van der Waals surface area contributed by atoms with E-state index in [-0.39, 0.29) is 0 Å². The number of aryl methyl sites for hydroxylation is 1. The normalized spacial score (nSPS) is 21.5. The van der Waals surface area contributed by atoms with E-state index >= 15 is 0 Å². The molecular weight excluding hydrogens is 314 g/mol. The molecule has 1 aliphatic carbocycles. The summed E-state index contributed by atoms with van der Waals surface area (Å²) in [6.07, 6.45) is 9.70. The molecule has 132 valence electrons. The fourth-order valence-corrected chi connectivity index (χ4v) is 4.57. The summed E-state index contributed by atoms with van der Waals surface area (Å²) < 4.78 is 0. The van der Waals surface area contributed by atoms with Crippen molar-refractivity contribution in [3.05, 3.63) is 29.8 Å². The maximum absolute atomic E-state index is 5.63. The van der Waals surface area contributed by atoms with Gasteiger partial charge in [-0.15, -0.1) is 0 Å². The van der Waals surface area contributed by atoms with Gasteiger partial charge in [0.25, 0.3) is 0 Å². The van der Waals surface area contributed by atoms with Crippen LogP contribution in [0.1, 0.15) is 50.5 Å². The third kappa shape index (κ3) is 4.48. The van der Waals surface area contributed by atoms with Crippen molar-refractivity contribution in [3.8, 4) is 0 Å². The van der Waals surface area contributed by atoms with Crippen molar-refractivity contribution in [1.82, 2.24) is 4.90 Å². The van der Waals surface area contributed by atoms with Gasteiger partial charge in [0.1, 0.15) is 0 Å². The summed E-state index contributed by atoms with van der Waals surface area (Å²) >= 11 is 5.63. The van der Waals surface area contributed by atoms with Gasteiger partial charge < -0.3 is 15.1 Å². The second-order valence-electron chi connectivity index (χ2n) is 7.64. The Morgan fingerprint density at radius 3 is 2.21 bits per heavy atom. The second-order valence-corrected chi connectivity index (χ2v) is 8.02. The minimum Gasteiger partial charge on any atom is -0.349 e. The molecule has 0 radical (unpaired) electrons. The van der Waals surface area contributed by atoms with Crippen LogP contribution in [-0.2, 0) is 0 Å². The first-order valence-corrected chi connectivity index (χ1v) is 10.0. The van der Waals surface area contributed by atoms with Gasteiger partial charge in [-0.3, -0.25) is 0 Å². The zero-order chi connectivity index (χ0) is 16.9. The summed E-state index contributed by atoms with van der Waals surface area (Å²) in [5.74, 6) is 0. The molecule has 1 saturated heterocycles. The van der Waals surface area contributed by atoms with Crippen molar-refractivity contribution in [2.45, 2.75) is 64.0 Å². The molecular formula is C20H32N3S+. The van der Waals surface area contributed by atoms with Gasteiger partial charge >= 0.3 is 0 Å². The third-order valence-corrected chi connectivity index (χ3v) is 6.34. The number of nitrogens with one attached hydrogen (secondary N) is 2. The summed E-state index contributed by atoms with van der Waals surface area (Å²) in [5.41, 5.74) is 2.37. The Bertz CT molecular complexity index is 528. The highest BCUT2D eigenvalue weighted by atomic mass is 32.1. The molecule has 1 aromatic carbocycles. The zero-order valence-corrected chi connectivity index (χ0v) is 16.0. The lowest BCUT2D eigenvalue weighted by atomic mass is 9.92. The molecule has 1 heterocycles. The number of thiocarbonyl (C=S) groups is 1. The molecule has 3 rings (SSSR count). The molecule has 4 heteroatoms. The van der Waals surface area contributed by atoms with E-state index in [1.165, 1.54) is 50.5 Å². The topological polar surface area (TPSA) is 19.7 Å². The molecule has 0 amide bonds. The van der Waals surface area contributed by atoms with E-state index in [2.05, 4.69) is 48.5 Å². The fraction of sp³-hybridized carbons (Fsp3) is 0.650. The minimum atomic E-state index is 0.812. The van der Waals surface area contributed by atoms with Gasteiger partial charge in [0.05, 0.1) is 19.1 Å². The van der Waals surface area contributed by atoms with Crippen molar-refractivity contribution in [2.24, 2.45) is 0 Å². The van der Waals surface area contributed by atoms with Crippen molar-refractivity contribution in [3.63, 3.8) is 0 Å². The lowest BCUT2D eigenvalue weighted by Crippen LogP contribution is -3.17. The van der Waals surface area contributed by atoms with Crippen LogP contribution in [0.25, 0.3) is 0 Å². The van der Waals surface area contributed by atoms with Crippen LogP contribution in [0.4, 0.5) is 5.69 Å². The molecule has 1 unspecified atom stereocenters. The number of hydrogen-bond acceptors (Lipinski definition) is 1. The molecule has 3 nitrogen and oxygen atoms in total. The number of piperidine rings is 1. The number of hydrogen-bond donors (Lipinski definition) is 2. The third-order valence-electron chi connectivity index (χ3n) is 5.98. The molecule has 1 aromatic rings. The monoisotopic (exact) mass is 346 g/mol. The Balaban J connectivity index is 1.47. The smallest absolute Gasteiger partial charge is 0.173 e. The molecule has 1 saturated carbocycles. The fourth-order valence-electron chi connectivity index (χ4n) is 4.27. The molecule has 2 N–H and O–H groups in total. The van der Waals surface area contributed by atoms with Crippen molar-refractivity contribution < 1.29 is 4.90 Å². The maximum Gasteiger partial charge on any atom is 0.173 e. The molecule has 2 aliphatic rings. The zero-order valence-electron chi connectivity index (χ0n) is 15.2. The summed E-state index contributed by atoms with van der Waals surface area (Å²) in [6, 6.07) is 10.2. The van der Waals surface area contributed by atoms with E-state index in [1.807, 2.05) is 0 Å². The van der Waals surface area contributed by atoms with Crippen LogP contribution in [0.2, 0.25) is 0 Å². The van der Waals surface area contributed by atoms with E-state index in [9.17, 15) is 0 Å². The van der Waals surface area contributed by atoms with Gasteiger partial charge in [0.2, 0.25) is 0 Å². The van der Waals surface area contributed by atoms with Crippen LogP contribution in [0, 0.1) is 6.92 Å². The molecule has 0 aromatic heterocycles. The number of likely N-dealkylation sites (tertiary alicyclic amines) is 1. The first-order valence-electron chi connectivity index (χ1n) is 9.59. The Kier molecular flexibility index (Phi) is 6.12. The Morgan fingerprint density at radius 2 is 1.58 bits per heavy atom. The van der Waals surface area contributed by atoms with E-state index in [0.717, 1.165) is 36.0 Å². The highest BCUT2D eigenvalue weighted by molar-refractivity contribution is 7.80. The van der Waals surface area contributed by atoms with Crippen LogP contribution in [0.5, 0.6) is 0 Å². The van der Waals surface area contributed by atoms with Crippen LogP contribution < -0.4 is 10.2 Å². The van der Waals surface area contributed by atoms with E-state index in [4.69, 9.17) is 12.2 Å². The quantitative estimate of drug-likeness (QED) is 0.821. The van der Waals surface area contributed by atoms with Crippen LogP contribution >= 0.6 is 12.2 Å². The number of rotatable bonds is 3. The SMILES string of the molecule is Cc1ccc(NC(=S)N2CCC([NH+](C)C3CCCCC3)CC2)cc1. The Labute approximate surface area is 152 Å². The van der Waals surface area contributed by atoms with Crippen LogP contribution in [0.3, 0.4) is 0 Å². The first kappa shape index (κ1) is 17.7. The Morgan fingerprint density at radius 1 is 1.00 bits per heavy atom. The highest BCUT2D eigenvalue weighted by Crippen LogP contribution is 2.18. The van der Waals surface area contributed by atoms with Gasteiger partial charge in [-0.25, -0.2) is 0 Å². The van der Waals surface area contributed by atoms with Crippen LogP contribution in [0.15, 0.2) is 24.3 Å². The Hall–Kier alpha value is -1.13.